The molecule has 0 radical (unpaired) electrons. The molecule has 3 heterocycles. The molecule has 1 aromatic carbocycles. The summed E-state index contributed by atoms with van der Waals surface area (Å²) < 4.78 is 7.39. The van der Waals surface area contributed by atoms with E-state index in [0.717, 1.165) is 37.5 Å². The first-order chi connectivity index (χ1) is 13.8. The van der Waals surface area contributed by atoms with Crippen molar-refractivity contribution in [3.63, 3.8) is 0 Å². The summed E-state index contributed by atoms with van der Waals surface area (Å²) in [6, 6.07) is 13.2. The van der Waals surface area contributed by atoms with Crippen LogP contribution in [-0.4, -0.2) is 63.3 Å². The monoisotopic (exact) mass is 380 g/mol. The number of carbonyl (C=O) groups is 1. The lowest BCUT2D eigenvalue weighted by molar-refractivity contribution is 0.134. The molecule has 3 aromatic rings. The average Bonchev–Trinajstić information content (AvgIpc) is 3.45. The lowest BCUT2D eigenvalue weighted by Crippen LogP contribution is -2.52. The number of carbonyl (C=O) groups excluding carboxylic acids is 1. The number of hydrogen-bond acceptors (Lipinski definition) is 5. The van der Waals surface area contributed by atoms with Gasteiger partial charge in [0.25, 0.3) is 0 Å². The summed E-state index contributed by atoms with van der Waals surface area (Å²) in [5.41, 5.74) is 0.997. The van der Waals surface area contributed by atoms with Crippen molar-refractivity contribution >= 4 is 6.03 Å². The van der Waals surface area contributed by atoms with E-state index in [0.29, 0.717) is 13.1 Å². The van der Waals surface area contributed by atoms with Gasteiger partial charge in [0.2, 0.25) is 0 Å². The van der Waals surface area contributed by atoms with E-state index in [1.807, 2.05) is 52.0 Å². The van der Waals surface area contributed by atoms with Gasteiger partial charge in [-0.1, -0.05) is 30.3 Å². The maximum atomic E-state index is 12.9. The average molecular weight is 380 g/mol. The van der Waals surface area contributed by atoms with E-state index in [1.165, 1.54) is 0 Å². The maximum absolute atomic E-state index is 12.9. The predicted molar refractivity (Wildman–Crippen MR) is 104 cm³/mol. The quantitative estimate of drug-likeness (QED) is 0.707. The van der Waals surface area contributed by atoms with Gasteiger partial charge in [-0.25, -0.2) is 9.78 Å². The van der Waals surface area contributed by atoms with Crippen molar-refractivity contribution in [1.82, 2.24) is 29.9 Å². The Morgan fingerprint density at radius 2 is 1.89 bits per heavy atom. The Kier molecular flexibility index (Phi) is 5.67. The lowest BCUT2D eigenvalue weighted by atomic mass is 10.0. The van der Waals surface area contributed by atoms with E-state index in [2.05, 4.69) is 20.3 Å². The number of hydrogen-bond donors (Lipinski definition) is 1. The maximum Gasteiger partial charge on any atom is 0.318 e. The largest absolute Gasteiger partial charge is 0.467 e. The molecule has 1 N–H and O–H groups in total. The highest BCUT2D eigenvalue weighted by atomic mass is 16.3. The fourth-order valence-corrected chi connectivity index (χ4v) is 3.40. The van der Waals surface area contributed by atoms with Gasteiger partial charge in [-0.05, 0) is 17.7 Å². The van der Waals surface area contributed by atoms with Crippen LogP contribution in [0.1, 0.15) is 17.4 Å². The van der Waals surface area contributed by atoms with E-state index in [-0.39, 0.29) is 12.1 Å². The summed E-state index contributed by atoms with van der Waals surface area (Å²) in [7, 11) is 0. The number of rotatable bonds is 6. The van der Waals surface area contributed by atoms with E-state index < -0.39 is 0 Å². The molecular weight excluding hydrogens is 356 g/mol. The van der Waals surface area contributed by atoms with Crippen LogP contribution in [0.4, 0.5) is 4.79 Å². The molecule has 28 heavy (non-hydrogen) atoms. The summed E-state index contributed by atoms with van der Waals surface area (Å²) in [5, 5.41) is 7.25. The molecule has 2 aromatic heterocycles. The van der Waals surface area contributed by atoms with Crippen LogP contribution < -0.4 is 5.32 Å². The second kappa shape index (κ2) is 8.71. The molecule has 0 unspecified atom stereocenters. The molecule has 1 aliphatic heterocycles. The fourth-order valence-electron chi connectivity index (χ4n) is 3.40. The Bertz CT molecular complexity index is 842. The zero-order chi connectivity index (χ0) is 19.2. The van der Waals surface area contributed by atoms with Crippen LogP contribution in [0.3, 0.4) is 0 Å². The topological polar surface area (TPSA) is 79.4 Å². The van der Waals surface area contributed by atoms with Gasteiger partial charge in [-0.15, -0.1) is 0 Å². The molecule has 0 bridgehead atoms. The Balaban J connectivity index is 1.33. The van der Waals surface area contributed by atoms with Gasteiger partial charge in [-0.3, -0.25) is 9.58 Å². The lowest BCUT2D eigenvalue weighted by Gasteiger charge is -2.35. The Morgan fingerprint density at radius 3 is 2.57 bits per heavy atom. The summed E-state index contributed by atoms with van der Waals surface area (Å²) in [6.45, 7) is 4.79. The van der Waals surface area contributed by atoms with Crippen molar-refractivity contribution in [2.45, 2.75) is 12.6 Å². The number of amides is 2. The van der Waals surface area contributed by atoms with Gasteiger partial charge in [0.05, 0.1) is 12.8 Å². The van der Waals surface area contributed by atoms with Crippen molar-refractivity contribution in [2.75, 3.05) is 32.7 Å². The predicted octanol–water partition coefficient (Wildman–Crippen LogP) is 1.99. The highest BCUT2D eigenvalue weighted by Crippen LogP contribution is 2.22. The highest BCUT2D eigenvalue weighted by Gasteiger charge is 2.25. The van der Waals surface area contributed by atoms with Gasteiger partial charge in [-0.2, -0.15) is 5.10 Å². The van der Waals surface area contributed by atoms with Gasteiger partial charge >= 0.3 is 6.03 Å². The first-order valence-corrected chi connectivity index (χ1v) is 9.48. The first kappa shape index (κ1) is 18.2. The van der Waals surface area contributed by atoms with Crippen molar-refractivity contribution in [2.24, 2.45) is 0 Å². The number of nitrogens with one attached hydrogen (secondary N) is 1. The molecule has 1 aliphatic rings. The number of piperazine rings is 1. The zero-order valence-electron chi connectivity index (χ0n) is 15.6. The van der Waals surface area contributed by atoms with Gasteiger partial charge in [0, 0.05) is 32.7 Å². The molecule has 8 nitrogen and oxygen atoms in total. The molecule has 0 aliphatic carbocycles. The minimum Gasteiger partial charge on any atom is -0.467 e. The fraction of sp³-hybridized carbons (Fsp3) is 0.350. The van der Waals surface area contributed by atoms with Gasteiger partial charge in [0.15, 0.2) is 0 Å². The number of furan rings is 1. The normalized spacial score (nSPS) is 16.1. The van der Waals surface area contributed by atoms with Gasteiger partial charge in [0.1, 0.15) is 24.5 Å². The minimum absolute atomic E-state index is 0.0684. The summed E-state index contributed by atoms with van der Waals surface area (Å²) >= 11 is 0. The van der Waals surface area contributed by atoms with Crippen LogP contribution in [0.25, 0.3) is 0 Å². The van der Waals surface area contributed by atoms with Crippen LogP contribution in [-0.2, 0) is 6.54 Å². The van der Waals surface area contributed by atoms with E-state index in [4.69, 9.17) is 4.42 Å². The van der Waals surface area contributed by atoms with E-state index in [9.17, 15) is 4.79 Å². The molecule has 2 amide bonds. The third kappa shape index (κ3) is 4.40. The second-order valence-electron chi connectivity index (χ2n) is 6.80. The number of urea groups is 1. The van der Waals surface area contributed by atoms with Crippen molar-refractivity contribution in [1.29, 1.82) is 0 Å². The van der Waals surface area contributed by atoms with E-state index >= 15 is 0 Å². The third-order valence-electron chi connectivity index (χ3n) is 5.00. The number of nitrogens with zero attached hydrogens (tertiary/aromatic N) is 5. The zero-order valence-corrected chi connectivity index (χ0v) is 15.6. The molecule has 1 atom stereocenters. The number of benzene rings is 1. The second-order valence-corrected chi connectivity index (χ2v) is 6.80. The Morgan fingerprint density at radius 1 is 1.07 bits per heavy atom. The van der Waals surface area contributed by atoms with E-state index in [1.54, 1.807) is 18.9 Å². The van der Waals surface area contributed by atoms with Crippen LogP contribution in [0, 0.1) is 0 Å². The molecule has 1 saturated heterocycles. The molecule has 4 rings (SSSR count). The smallest absolute Gasteiger partial charge is 0.318 e. The summed E-state index contributed by atoms with van der Waals surface area (Å²) in [5.74, 6) is 0.728. The SMILES string of the molecule is O=C(N[C@@H](c1ccccc1)c1ccco1)N1CCN(CCn2cncn2)CC1. The standard InChI is InChI=1S/C20H24N6O2/c27-20(23-19(18-7-4-14-28-18)17-5-2-1-3-6-17)25-11-8-24(9-12-25)10-13-26-16-21-15-22-26/h1-7,14-16,19H,8-13H2,(H,23,27)/t19-/m0/s1. The van der Waals surface area contributed by atoms with Crippen LogP contribution in [0.15, 0.2) is 65.8 Å². The summed E-state index contributed by atoms with van der Waals surface area (Å²) in [4.78, 5) is 21.0. The van der Waals surface area contributed by atoms with Crippen molar-refractivity contribution in [3.05, 3.63) is 72.7 Å². The summed E-state index contributed by atoms with van der Waals surface area (Å²) in [6.07, 6.45) is 4.90. The molecule has 146 valence electrons. The minimum atomic E-state index is -0.297. The molecule has 0 saturated carbocycles. The van der Waals surface area contributed by atoms with Crippen LogP contribution in [0.2, 0.25) is 0 Å². The number of aromatic nitrogens is 3. The molecule has 8 heteroatoms. The molecule has 1 fully saturated rings. The van der Waals surface area contributed by atoms with Crippen LogP contribution in [0.5, 0.6) is 0 Å². The Labute approximate surface area is 163 Å². The van der Waals surface area contributed by atoms with Crippen molar-refractivity contribution in [3.8, 4) is 0 Å². The molecular formula is C20H24N6O2. The highest BCUT2D eigenvalue weighted by molar-refractivity contribution is 5.75. The van der Waals surface area contributed by atoms with Gasteiger partial charge < -0.3 is 14.6 Å². The first-order valence-electron chi connectivity index (χ1n) is 9.48. The van der Waals surface area contributed by atoms with Crippen molar-refractivity contribution < 1.29 is 9.21 Å². The van der Waals surface area contributed by atoms with Crippen LogP contribution >= 0.6 is 0 Å². The third-order valence-corrected chi connectivity index (χ3v) is 5.00. The molecule has 0 spiro atoms. The Hall–Kier alpha value is -3.13.